The largest absolute Gasteiger partial charge is 0.385 e. The maximum atomic E-state index is 10.9. The van der Waals surface area contributed by atoms with Gasteiger partial charge in [0.15, 0.2) is 0 Å². The molecule has 0 heterocycles. The Morgan fingerprint density at radius 2 is 1.19 bits per heavy atom. The van der Waals surface area contributed by atoms with Crippen molar-refractivity contribution in [1.29, 1.82) is 0 Å². The molecule has 0 saturated heterocycles. The van der Waals surface area contributed by atoms with E-state index in [-0.39, 0.29) is 5.24 Å². The van der Waals surface area contributed by atoms with E-state index >= 15 is 0 Å². The quantitative estimate of drug-likeness (QED) is 0.203. The molecule has 0 aromatic heterocycles. The number of halogens is 1. The van der Waals surface area contributed by atoms with Gasteiger partial charge in [-0.1, -0.05) is 103 Å². The summed E-state index contributed by atoms with van der Waals surface area (Å²) in [7, 11) is 0. The van der Waals surface area contributed by atoms with Crippen molar-refractivity contribution in [2.75, 3.05) is 11.9 Å². The molecule has 0 spiro atoms. The van der Waals surface area contributed by atoms with Gasteiger partial charge in [-0.05, 0) is 35.7 Å². The van der Waals surface area contributed by atoms with Crippen LogP contribution in [-0.2, 0) is 11.2 Å². The van der Waals surface area contributed by atoms with Gasteiger partial charge >= 0.3 is 0 Å². The van der Waals surface area contributed by atoms with Gasteiger partial charge < -0.3 is 5.32 Å². The van der Waals surface area contributed by atoms with Gasteiger partial charge in [0.05, 0.1) is 0 Å². The Balaban J connectivity index is 1.84. The van der Waals surface area contributed by atoms with Crippen molar-refractivity contribution in [2.45, 2.75) is 103 Å². The molecular formula is C24H40ClNO. The molecule has 0 radical (unpaired) electrons. The first-order valence-electron chi connectivity index (χ1n) is 11.2. The molecule has 0 bridgehead atoms. The topological polar surface area (TPSA) is 29.1 Å². The molecule has 0 unspecified atom stereocenters. The van der Waals surface area contributed by atoms with E-state index in [2.05, 4.69) is 12.2 Å². The number of carbonyl (C=O) groups is 1. The van der Waals surface area contributed by atoms with E-state index < -0.39 is 0 Å². The van der Waals surface area contributed by atoms with E-state index in [0.29, 0.717) is 6.42 Å². The highest BCUT2D eigenvalue weighted by atomic mass is 35.5. The van der Waals surface area contributed by atoms with Crippen LogP contribution in [0.3, 0.4) is 0 Å². The van der Waals surface area contributed by atoms with Crippen LogP contribution in [0.5, 0.6) is 0 Å². The van der Waals surface area contributed by atoms with Gasteiger partial charge in [-0.15, -0.1) is 0 Å². The molecule has 1 rings (SSSR count). The summed E-state index contributed by atoms with van der Waals surface area (Å²) < 4.78 is 0. The van der Waals surface area contributed by atoms with Crippen LogP contribution in [0, 0.1) is 0 Å². The third kappa shape index (κ3) is 14.7. The number of unbranched alkanes of at least 4 members (excludes halogenated alkanes) is 13. The summed E-state index contributed by atoms with van der Waals surface area (Å²) in [5.41, 5.74) is 2.09. The Morgan fingerprint density at radius 3 is 1.63 bits per heavy atom. The zero-order valence-electron chi connectivity index (χ0n) is 17.4. The number of hydrogen-bond acceptors (Lipinski definition) is 2. The van der Waals surface area contributed by atoms with Crippen molar-refractivity contribution >= 4 is 22.5 Å². The summed E-state index contributed by atoms with van der Waals surface area (Å²) in [6.07, 6.45) is 19.8. The highest BCUT2D eigenvalue weighted by Gasteiger charge is 1.99. The molecule has 2 nitrogen and oxygen atoms in total. The lowest BCUT2D eigenvalue weighted by Gasteiger charge is -2.07. The molecule has 1 aromatic rings. The minimum atomic E-state index is -0.307. The maximum Gasteiger partial charge on any atom is 0.226 e. The Bertz CT molecular complexity index is 472. The summed E-state index contributed by atoms with van der Waals surface area (Å²) in [6, 6.07) is 7.99. The maximum absolute atomic E-state index is 10.9. The van der Waals surface area contributed by atoms with Crippen LogP contribution in [0.4, 0.5) is 5.69 Å². The average Bonchev–Trinajstić information content (AvgIpc) is 2.66. The van der Waals surface area contributed by atoms with Gasteiger partial charge in [0.1, 0.15) is 0 Å². The predicted octanol–water partition coefficient (Wildman–Crippen LogP) is 7.89. The molecule has 0 saturated carbocycles. The normalized spacial score (nSPS) is 10.9. The summed E-state index contributed by atoms with van der Waals surface area (Å²) in [5, 5.41) is 3.14. The third-order valence-corrected chi connectivity index (χ3v) is 5.29. The second kappa shape index (κ2) is 17.1. The van der Waals surface area contributed by atoms with E-state index in [1.807, 2.05) is 24.3 Å². The second-order valence-corrected chi connectivity index (χ2v) is 8.17. The van der Waals surface area contributed by atoms with Crippen LogP contribution < -0.4 is 5.32 Å². The number of carbonyl (C=O) groups excluding carboxylic acids is 1. The molecule has 0 aliphatic carbocycles. The molecule has 154 valence electrons. The molecule has 0 fully saturated rings. The molecule has 0 amide bonds. The van der Waals surface area contributed by atoms with Crippen LogP contribution >= 0.6 is 11.6 Å². The molecule has 0 aliphatic rings. The van der Waals surface area contributed by atoms with Crippen molar-refractivity contribution in [3.63, 3.8) is 0 Å². The lowest BCUT2D eigenvalue weighted by atomic mass is 10.0. The first-order chi connectivity index (χ1) is 13.2. The molecule has 1 aromatic carbocycles. The van der Waals surface area contributed by atoms with Gasteiger partial charge in [-0.2, -0.15) is 0 Å². The van der Waals surface area contributed by atoms with E-state index in [0.717, 1.165) is 17.8 Å². The summed E-state index contributed by atoms with van der Waals surface area (Å²) in [6.45, 7) is 3.30. The van der Waals surface area contributed by atoms with Gasteiger partial charge in [-0.3, -0.25) is 4.79 Å². The first-order valence-corrected chi connectivity index (χ1v) is 11.6. The smallest absolute Gasteiger partial charge is 0.226 e. The lowest BCUT2D eigenvalue weighted by molar-refractivity contribution is -0.111. The van der Waals surface area contributed by atoms with E-state index in [1.54, 1.807) is 0 Å². The van der Waals surface area contributed by atoms with E-state index in [9.17, 15) is 4.79 Å². The van der Waals surface area contributed by atoms with E-state index in [4.69, 9.17) is 11.6 Å². The molecule has 0 aliphatic heterocycles. The second-order valence-electron chi connectivity index (χ2n) is 7.75. The molecule has 3 heteroatoms. The van der Waals surface area contributed by atoms with E-state index in [1.165, 1.54) is 89.9 Å². The summed E-state index contributed by atoms with van der Waals surface area (Å²) >= 11 is 5.40. The predicted molar refractivity (Wildman–Crippen MR) is 120 cm³/mol. The van der Waals surface area contributed by atoms with Crippen molar-refractivity contribution in [2.24, 2.45) is 0 Å². The van der Waals surface area contributed by atoms with Crippen LogP contribution in [0.2, 0.25) is 0 Å². The minimum absolute atomic E-state index is 0.306. The van der Waals surface area contributed by atoms with Gasteiger partial charge in [-0.25, -0.2) is 0 Å². The van der Waals surface area contributed by atoms with Crippen molar-refractivity contribution in [3.05, 3.63) is 29.8 Å². The number of benzene rings is 1. The molecule has 1 N–H and O–H groups in total. The number of rotatable bonds is 18. The zero-order chi connectivity index (χ0) is 19.6. The van der Waals surface area contributed by atoms with Crippen LogP contribution in [0.25, 0.3) is 0 Å². The lowest BCUT2D eigenvalue weighted by Crippen LogP contribution is -2.01. The number of hydrogen-bond donors (Lipinski definition) is 1. The Kier molecular flexibility index (Phi) is 15.2. The monoisotopic (exact) mass is 393 g/mol. The fraction of sp³-hybridized carbons (Fsp3) is 0.708. The molecule has 27 heavy (non-hydrogen) atoms. The minimum Gasteiger partial charge on any atom is -0.385 e. The van der Waals surface area contributed by atoms with Crippen molar-refractivity contribution in [3.8, 4) is 0 Å². The average molecular weight is 394 g/mol. The zero-order valence-corrected chi connectivity index (χ0v) is 18.2. The fourth-order valence-electron chi connectivity index (χ4n) is 3.45. The van der Waals surface area contributed by atoms with Crippen LogP contribution in [0.15, 0.2) is 24.3 Å². The van der Waals surface area contributed by atoms with Gasteiger partial charge in [0.25, 0.3) is 0 Å². The molecular weight excluding hydrogens is 354 g/mol. The summed E-state index contributed by atoms with van der Waals surface area (Å²) in [4.78, 5) is 10.9. The number of anilines is 1. The van der Waals surface area contributed by atoms with Crippen LogP contribution in [-0.4, -0.2) is 11.8 Å². The Labute approximate surface area is 172 Å². The van der Waals surface area contributed by atoms with Crippen molar-refractivity contribution < 1.29 is 4.79 Å². The standard InChI is InChI=1S/C24H40ClNO/c1-2-3-4-5-6-7-8-9-10-11-12-13-14-15-20-26-23-18-16-22(17-19-23)21-24(25)27/h16-19,26H,2-15,20-21H2,1H3. The Morgan fingerprint density at radius 1 is 0.741 bits per heavy atom. The fourth-order valence-corrected chi connectivity index (χ4v) is 3.61. The SMILES string of the molecule is CCCCCCCCCCCCCCCCNc1ccc(CC(=O)Cl)cc1. The highest BCUT2D eigenvalue weighted by Crippen LogP contribution is 2.14. The third-order valence-electron chi connectivity index (χ3n) is 5.16. The number of nitrogens with one attached hydrogen (secondary N) is 1. The summed E-state index contributed by atoms with van der Waals surface area (Å²) in [5.74, 6) is 0. The Hall–Kier alpha value is -1.02. The van der Waals surface area contributed by atoms with Crippen molar-refractivity contribution in [1.82, 2.24) is 0 Å². The van der Waals surface area contributed by atoms with Crippen LogP contribution in [0.1, 0.15) is 102 Å². The van der Waals surface area contributed by atoms with Gasteiger partial charge in [0.2, 0.25) is 5.24 Å². The molecule has 0 atom stereocenters. The highest BCUT2D eigenvalue weighted by molar-refractivity contribution is 6.63. The first kappa shape index (κ1) is 24.0. The van der Waals surface area contributed by atoms with Gasteiger partial charge in [0, 0.05) is 18.7 Å².